The van der Waals surface area contributed by atoms with Crippen LogP contribution >= 0.6 is 11.6 Å². The molecule has 0 fully saturated rings. The molecular weight excluding hydrogens is 291 g/mol. The Kier molecular flexibility index (Phi) is 3.83. The lowest BCUT2D eigenvalue weighted by molar-refractivity contribution is 0.613. The van der Waals surface area contributed by atoms with Crippen LogP contribution in [-0.2, 0) is 6.54 Å². The molecule has 106 valence electrons. The third kappa shape index (κ3) is 3.03. The molecule has 0 atom stereocenters. The Morgan fingerprint density at radius 3 is 2.81 bits per heavy atom. The van der Waals surface area contributed by atoms with E-state index in [1.807, 2.05) is 24.3 Å². The lowest BCUT2D eigenvalue weighted by atomic mass is 10.2. The third-order valence-electron chi connectivity index (χ3n) is 3.05. The number of hydrogen-bond acceptors (Lipinski definition) is 3. The van der Waals surface area contributed by atoms with Crippen LogP contribution in [0, 0.1) is 5.82 Å². The van der Waals surface area contributed by atoms with E-state index in [0.29, 0.717) is 17.1 Å². The summed E-state index contributed by atoms with van der Waals surface area (Å²) in [6, 6.07) is 12.3. The molecule has 2 aromatic carbocycles. The van der Waals surface area contributed by atoms with Crippen molar-refractivity contribution >= 4 is 17.3 Å². The molecule has 0 aliphatic carbocycles. The topological polar surface area (TPSA) is 42.7 Å². The Hall–Kier alpha value is -2.40. The average Bonchev–Trinajstić information content (AvgIpc) is 3.01. The predicted octanol–water partition coefficient (Wildman–Crippen LogP) is 3.67. The normalized spacial score (nSPS) is 10.6. The first kappa shape index (κ1) is 13.6. The average molecular weight is 303 g/mol. The molecule has 0 amide bonds. The van der Waals surface area contributed by atoms with Crippen LogP contribution in [0.3, 0.4) is 0 Å². The van der Waals surface area contributed by atoms with Gasteiger partial charge in [0.2, 0.25) is 0 Å². The second-order valence-electron chi connectivity index (χ2n) is 4.45. The first-order valence-electron chi connectivity index (χ1n) is 6.36. The molecule has 0 aliphatic heterocycles. The maximum Gasteiger partial charge on any atom is 0.138 e. The number of benzene rings is 2. The van der Waals surface area contributed by atoms with Crippen LogP contribution in [0.4, 0.5) is 10.1 Å². The van der Waals surface area contributed by atoms with E-state index in [1.54, 1.807) is 23.1 Å². The smallest absolute Gasteiger partial charge is 0.138 e. The van der Waals surface area contributed by atoms with Crippen LogP contribution in [-0.4, -0.2) is 14.8 Å². The van der Waals surface area contributed by atoms with Gasteiger partial charge < -0.3 is 5.32 Å². The quantitative estimate of drug-likeness (QED) is 0.799. The zero-order chi connectivity index (χ0) is 14.7. The fourth-order valence-electron chi connectivity index (χ4n) is 2.01. The molecule has 6 heteroatoms. The van der Waals surface area contributed by atoms with Crippen molar-refractivity contribution < 1.29 is 4.39 Å². The van der Waals surface area contributed by atoms with Crippen molar-refractivity contribution in [2.24, 2.45) is 0 Å². The van der Waals surface area contributed by atoms with Gasteiger partial charge in [-0.2, -0.15) is 5.10 Å². The lowest BCUT2D eigenvalue weighted by Crippen LogP contribution is -2.06. The molecule has 1 heterocycles. The van der Waals surface area contributed by atoms with Gasteiger partial charge >= 0.3 is 0 Å². The van der Waals surface area contributed by atoms with Gasteiger partial charge in [-0.05, 0) is 24.3 Å². The molecule has 0 saturated carbocycles. The van der Waals surface area contributed by atoms with Crippen molar-refractivity contribution in [1.82, 2.24) is 14.8 Å². The number of rotatable bonds is 4. The first-order chi connectivity index (χ1) is 10.2. The number of nitrogens with one attached hydrogen (secondary N) is 1. The number of hydrogen-bond donors (Lipinski definition) is 1. The van der Waals surface area contributed by atoms with Crippen LogP contribution in [0.5, 0.6) is 0 Å². The Balaban J connectivity index is 1.83. The maximum absolute atomic E-state index is 13.8. The monoisotopic (exact) mass is 302 g/mol. The van der Waals surface area contributed by atoms with Gasteiger partial charge in [-0.3, -0.25) is 0 Å². The fraction of sp³-hybridized carbons (Fsp3) is 0.0667. The number of anilines is 1. The van der Waals surface area contributed by atoms with Gasteiger partial charge in [0.15, 0.2) is 0 Å². The SMILES string of the molecule is Fc1cc(Cl)ccc1CNc1ccccc1-n1cncn1. The molecule has 0 aliphatic rings. The summed E-state index contributed by atoms with van der Waals surface area (Å²) < 4.78 is 15.4. The van der Waals surface area contributed by atoms with E-state index in [2.05, 4.69) is 15.4 Å². The van der Waals surface area contributed by atoms with Crippen LogP contribution in [0.2, 0.25) is 5.02 Å². The molecule has 0 saturated heterocycles. The molecule has 0 spiro atoms. The first-order valence-corrected chi connectivity index (χ1v) is 6.73. The van der Waals surface area contributed by atoms with Gasteiger partial charge in [-0.25, -0.2) is 14.1 Å². The molecule has 3 aromatic rings. The van der Waals surface area contributed by atoms with Crippen molar-refractivity contribution in [3.05, 3.63) is 71.5 Å². The second-order valence-corrected chi connectivity index (χ2v) is 4.88. The van der Waals surface area contributed by atoms with Crippen molar-refractivity contribution in [2.45, 2.75) is 6.54 Å². The Labute approximate surface area is 126 Å². The van der Waals surface area contributed by atoms with Crippen LogP contribution in [0.1, 0.15) is 5.56 Å². The van der Waals surface area contributed by atoms with Gasteiger partial charge in [0.1, 0.15) is 18.5 Å². The standard InChI is InChI=1S/C15H12ClFN4/c16-12-6-5-11(13(17)7-12)8-19-14-3-1-2-4-15(14)21-10-18-9-20-21/h1-7,9-10,19H,8H2. The fourth-order valence-corrected chi connectivity index (χ4v) is 2.17. The Bertz CT molecular complexity index is 743. The zero-order valence-electron chi connectivity index (χ0n) is 11.0. The van der Waals surface area contributed by atoms with E-state index in [0.717, 1.165) is 11.4 Å². The maximum atomic E-state index is 13.8. The van der Waals surface area contributed by atoms with Gasteiger partial charge in [-0.15, -0.1) is 0 Å². The van der Waals surface area contributed by atoms with Gasteiger partial charge in [0, 0.05) is 17.1 Å². The molecule has 21 heavy (non-hydrogen) atoms. The van der Waals surface area contributed by atoms with E-state index < -0.39 is 0 Å². The van der Waals surface area contributed by atoms with E-state index >= 15 is 0 Å². The third-order valence-corrected chi connectivity index (χ3v) is 3.29. The van der Waals surface area contributed by atoms with Gasteiger partial charge in [0.25, 0.3) is 0 Å². The van der Waals surface area contributed by atoms with Crippen LogP contribution in [0.25, 0.3) is 5.69 Å². The highest BCUT2D eigenvalue weighted by Crippen LogP contribution is 2.21. The highest BCUT2D eigenvalue weighted by Gasteiger charge is 2.06. The molecule has 3 rings (SSSR count). The minimum Gasteiger partial charge on any atom is -0.379 e. The van der Waals surface area contributed by atoms with E-state index in [4.69, 9.17) is 11.6 Å². The molecule has 0 unspecified atom stereocenters. The number of nitrogens with zero attached hydrogens (tertiary/aromatic N) is 3. The molecule has 1 N–H and O–H groups in total. The van der Waals surface area contributed by atoms with Crippen LogP contribution in [0.15, 0.2) is 55.1 Å². The van der Waals surface area contributed by atoms with E-state index in [1.165, 1.54) is 12.4 Å². The Morgan fingerprint density at radius 2 is 2.05 bits per heavy atom. The van der Waals surface area contributed by atoms with Crippen molar-refractivity contribution in [1.29, 1.82) is 0 Å². The highest BCUT2D eigenvalue weighted by atomic mass is 35.5. The highest BCUT2D eigenvalue weighted by molar-refractivity contribution is 6.30. The summed E-state index contributed by atoms with van der Waals surface area (Å²) in [6.45, 7) is 0.356. The van der Waals surface area contributed by atoms with Crippen molar-refractivity contribution in [3.63, 3.8) is 0 Å². The molecule has 4 nitrogen and oxygen atoms in total. The zero-order valence-corrected chi connectivity index (χ0v) is 11.8. The minimum absolute atomic E-state index is 0.326. The van der Waals surface area contributed by atoms with Crippen LogP contribution < -0.4 is 5.32 Å². The number of aromatic nitrogens is 3. The largest absolute Gasteiger partial charge is 0.379 e. The van der Waals surface area contributed by atoms with Crippen molar-refractivity contribution in [3.8, 4) is 5.69 Å². The molecule has 1 aromatic heterocycles. The molecule has 0 radical (unpaired) electrons. The number of halogens is 2. The van der Waals surface area contributed by atoms with Gasteiger partial charge in [-0.1, -0.05) is 29.8 Å². The summed E-state index contributed by atoms with van der Waals surface area (Å²) in [5.41, 5.74) is 2.24. The summed E-state index contributed by atoms with van der Waals surface area (Å²) in [6.07, 6.45) is 3.08. The lowest BCUT2D eigenvalue weighted by Gasteiger charge is -2.12. The summed E-state index contributed by atoms with van der Waals surface area (Å²) in [7, 11) is 0. The number of para-hydroxylation sites is 2. The predicted molar refractivity (Wildman–Crippen MR) is 80.1 cm³/mol. The molecule has 0 bridgehead atoms. The summed E-state index contributed by atoms with van der Waals surface area (Å²) in [5, 5.41) is 7.70. The second kappa shape index (κ2) is 5.93. The summed E-state index contributed by atoms with van der Waals surface area (Å²) >= 11 is 5.75. The summed E-state index contributed by atoms with van der Waals surface area (Å²) in [4.78, 5) is 3.93. The van der Waals surface area contributed by atoms with Crippen molar-refractivity contribution in [2.75, 3.05) is 5.32 Å². The summed E-state index contributed by atoms with van der Waals surface area (Å²) in [5.74, 6) is -0.326. The molecular formula is C15H12ClFN4. The minimum atomic E-state index is -0.326. The van der Waals surface area contributed by atoms with E-state index in [9.17, 15) is 4.39 Å². The van der Waals surface area contributed by atoms with E-state index in [-0.39, 0.29) is 5.82 Å². The Morgan fingerprint density at radius 1 is 1.19 bits per heavy atom. The van der Waals surface area contributed by atoms with Gasteiger partial charge in [0.05, 0.1) is 11.4 Å².